The number of aromatic nitrogens is 1. The second kappa shape index (κ2) is 8.39. The van der Waals surface area contributed by atoms with Gasteiger partial charge in [0, 0.05) is 26.2 Å². The smallest absolute Gasteiger partial charge is 0.410 e. The zero-order valence-electron chi connectivity index (χ0n) is 16.3. The van der Waals surface area contributed by atoms with Gasteiger partial charge in [0.15, 0.2) is 5.82 Å². The lowest BCUT2D eigenvalue weighted by molar-refractivity contribution is 0.0140. The van der Waals surface area contributed by atoms with E-state index in [9.17, 15) is 22.4 Å². The van der Waals surface area contributed by atoms with Crippen molar-refractivity contribution in [2.75, 3.05) is 32.4 Å². The largest absolute Gasteiger partial charge is 0.444 e. The molecule has 1 aromatic rings. The molecule has 0 aliphatic carbocycles. The Labute approximate surface area is 163 Å². The van der Waals surface area contributed by atoms with Gasteiger partial charge in [0.25, 0.3) is 16.0 Å². The Hall–Kier alpha value is -2.27. The molecule has 0 bridgehead atoms. The molecule has 1 aliphatic rings. The number of hydrogen-bond donors (Lipinski definition) is 0. The number of amides is 2. The van der Waals surface area contributed by atoms with Gasteiger partial charge in [-0.15, -0.1) is 0 Å². The SMILES string of the molecule is CC(C)(C)OC(=O)N1CCN(C(=O)c2cc(COS(C)(=O)=O)ncc2F)CC1. The summed E-state index contributed by atoms with van der Waals surface area (Å²) in [4.78, 5) is 31.4. The summed E-state index contributed by atoms with van der Waals surface area (Å²) in [7, 11) is -3.69. The highest BCUT2D eigenvalue weighted by atomic mass is 32.2. The predicted molar refractivity (Wildman–Crippen MR) is 97.5 cm³/mol. The fourth-order valence-electron chi connectivity index (χ4n) is 2.48. The van der Waals surface area contributed by atoms with Crippen LogP contribution in [-0.2, 0) is 25.6 Å². The van der Waals surface area contributed by atoms with Crippen LogP contribution in [0.3, 0.4) is 0 Å². The van der Waals surface area contributed by atoms with Crippen LogP contribution >= 0.6 is 0 Å². The van der Waals surface area contributed by atoms with E-state index in [-0.39, 0.29) is 37.4 Å². The Bertz CT molecular complexity index is 845. The summed E-state index contributed by atoms with van der Waals surface area (Å²) in [5.41, 5.74) is -0.732. The molecule has 0 unspecified atom stereocenters. The zero-order valence-corrected chi connectivity index (χ0v) is 17.1. The van der Waals surface area contributed by atoms with Crippen molar-refractivity contribution >= 4 is 22.1 Å². The Balaban J connectivity index is 2.02. The van der Waals surface area contributed by atoms with E-state index >= 15 is 0 Å². The van der Waals surface area contributed by atoms with Crippen LogP contribution in [0.15, 0.2) is 12.3 Å². The van der Waals surface area contributed by atoms with E-state index in [1.165, 1.54) is 15.9 Å². The van der Waals surface area contributed by atoms with E-state index in [4.69, 9.17) is 4.74 Å². The van der Waals surface area contributed by atoms with Crippen LogP contribution in [0, 0.1) is 5.82 Å². The Morgan fingerprint density at radius 3 is 2.29 bits per heavy atom. The summed E-state index contributed by atoms with van der Waals surface area (Å²) in [6.45, 7) is 5.86. The van der Waals surface area contributed by atoms with Crippen LogP contribution in [0.1, 0.15) is 36.8 Å². The molecule has 2 heterocycles. The van der Waals surface area contributed by atoms with Gasteiger partial charge in [-0.2, -0.15) is 8.42 Å². The number of carbonyl (C=O) groups excluding carboxylic acids is 2. The van der Waals surface area contributed by atoms with Gasteiger partial charge in [-0.25, -0.2) is 9.18 Å². The average Bonchev–Trinajstić information content (AvgIpc) is 2.58. The van der Waals surface area contributed by atoms with E-state index < -0.39 is 40.1 Å². The van der Waals surface area contributed by atoms with E-state index in [1.807, 2.05) is 0 Å². The normalized spacial score (nSPS) is 15.5. The topological polar surface area (TPSA) is 106 Å². The van der Waals surface area contributed by atoms with Crippen molar-refractivity contribution in [3.63, 3.8) is 0 Å². The summed E-state index contributed by atoms with van der Waals surface area (Å²) in [6, 6.07) is 1.17. The second-order valence-electron chi connectivity index (χ2n) is 7.38. The molecule has 1 aliphatic heterocycles. The van der Waals surface area contributed by atoms with Crippen molar-refractivity contribution in [2.24, 2.45) is 0 Å². The summed E-state index contributed by atoms with van der Waals surface area (Å²) >= 11 is 0. The molecule has 11 heteroatoms. The number of nitrogens with zero attached hydrogens (tertiary/aromatic N) is 3. The molecule has 0 spiro atoms. The van der Waals surface area contributed by atoms with Gasteiger partial charge in [-0.3, -0.25) is 14.0 Å². The number of halogens is 1. The lowest BCUT2D eigenvalue weighted by Crippen LogP contribution is -2.51. The number of ether oxygens (including phenoxy) is 1. The maximum absolute atomic E-state index is 14.1. The van der Waals surface area contributed by atoms with Crippen LogP contribution in [0.25, 0.3) is 0 Å². The molecule has 28 heavy (non-hydrogen) atoms. The average molecular weight is 417 g/mol. The molecule has 0 atom stereocenters. The summed E-state index contributed by atoms with van der Waals surface area (Å²) in [6.07, 6.45) is 1.27. The van der Waals surface area contributed by atoms with Crippen LogP contribution in [0.2, 0.25) is 0 Å². The molecule has 1 saturated heterocycles. The van der Waals surface area contributed by atoms with E-state index in [0.717, 1.165) is 12.5 Å². The first-order chi connectivity index (χ1) is 12.9. The van der Waals surface area contributed by atoms with Crippen molar-refractivity contribution in [1.29, 1.82) is 0 Å². The molecule has 1 fully saturated rings. The highest BCUT2D eigenvalue weighted by Crippen LogP contribution is 2.16. The van der Waals surface area contributed by atoms with Crippen molar-refractivity contribution < 1.29 is 31.3 Å². The lowest BCUT2D eigenvalue weighted by Gasteiger charge is -2.35. The van der Waals surface area contributed by atoms with E-state index in [2.05, 4.69) is 9.17 Å². The first-order valence-corrected chi connectivity index (χ1v) is 10.4. The summed E-state index contributed by atoms with van der Waals surface area (Å²) in [5.74, 6) is -1.38. The third kappa shape index (κ3) is 6.41. The highest BCUT2D eigenvalue weighted by molar-refractivity contribution is 7.85. The van der Waals surface area contributed by atoms with Crippen LogP contribution < -0.4 is 0 Å². The molecular weight excluding hydrogens is 393 g/mol. The molecule has 156 valence electrons. The highest BCUT2D eigenvalue weighted by Gasteiger charge is 2.29. The fourth-order valence-corrected chi connectivity index (χ4v) is 2.82. The quantitative estimate of drug-likeness (QED) is 0.682. The van der Waals surface area contributed by atoms with Gasteiger partial charge in [0.05, 0.1) is 23.7 Å². The Morgan fingerprint density at radius 1 is 1.18 bits per heavy atom. The molecular formula is C17H24FN3O6S. The first-order valence-electron chi connectivity index (χ1n) is 8.62. The van der Waals surface area contributed by atoms with Crippen molar-refractivity contribution in [3.8, 4) is 0 Å². The molecule has 0 radical (unpaired) electrons. The number of pyridine rings is 1. The monoisotopic (exact) mass is 417 g/mol. The van der Waals surface area contributed by atoms with Gasteiger partial charge < -0.3 is 14.5 Å². The number of piperazine rings is 1. The summed E-state index contributed by atoms with van der Waals surface area (Å²) in [5, 5.41) is 0. The third-order valence-electron chi connectivity index (χ3n) is 3.78. The van der Waals surface area contributed by atoms with E-state index in [1.54, 1.807) is 20.8 Å². The van der Waals surface area contributed by atoms with Crippen molar-refractivity contribution in [2.45, 2.75) is 33.0 Å². The van der Waals surface area contributed by atoms with Crippen LogP contribution in [-0.4, -0.2) is 73.2 Å². The maximum atomic E-state index is 14.1. The zero-order chi connectivity index (χ0) is 21.1. The lowest BCUT2D eigenvalue weighted by atomic mass is 10.1. The predicted octanol–water partition coefficient (Wildman–Crippen LogP) is 1.39. The molecule has 2 rings (SSSR count). The third-order valence-corrected chi connectivity index (χ3v) is 4.33. The van der Waals surface area contributed by atoms with Gasteiger partial charge in [-0.1, -0.05) is 0 Å². The molecule has 2 amide bonds. The van der Waals surface area contributed by atoms with E-state index in [0.29, 0.717) is 0 Å². The molecule has 0 saturated carbocycles. The first kappa shape index (κ1) is 22.0. The molecule has 9 nitrogen and oxygen atoms in total. The minimum absolute atomic E-state index is 0.113. The molecule has 0 N–H and O–H groups in total. The molecule has 1 aromatic heterocycles. The number of carbonyl (C=O) groups is 2. The Morgan fingerprint density at radius 2 is 1.75 bits per heavy atom. The van der Waals surface area contributed by atoms with Gasteiger partial charge >= 0.3 is 6.09 Å². The summed E-state index contributed by atoms with van der Waals surface area (Å²) < 4.78 is 46.1. The van der Waals surface area contributed by atoms with Crippen molar-refractivity contribution in [1.82, 2.24) is 14.8 Å². The molecule has 0 aromatic carbocycles. The minimum atomic E-state index is -3.69. The number of hydrogen-bond acceptors (Lipinski definition) is 7. The van der Waals surface area contributed by atoms with Gasteiger partial charge in [0.2, 0.25) is 0 Å². The second-order valence-corrected chi connectivity index (χ2v) is 9.03. The standard InChI is InChI=1S/C17H24FN3O6S/c1-17(2,3)27-16(23)21-7-5-20(6-8-21)15(22)13-9-12(19-10-14(13)18)11-26-28(4,24)25/h9-10H,5-8,11H2,1-4H3. The van der Waals surface area contributed by atoms with Crippen LogP contribution in [0.4, 0.5) is 9.18 Å². The number of rotatable bonds is 4. The Kier molecular flexibility index (Phi) is 6.60. The fraction of sp³-hybridized carbons (Fsp3) is 0.588. The minimum Gasteiger partial charge on any atom is -0.444 e. The van der Waals surface area contributed by atoms with Crippen LogP contribution in [0.5, 0.6) is 0 Å². The van der Waals surface area contributed by atoms with Gasteiger partial charge in [0.1, 0.15) is 12.2 Å². The van der Waals surface area contributed by atoms with Crippen molar-refractivity contribution in [3.05, 3.63) is 29.3 Å². The maximum Gasteiger partial charge on any atom is 0.410 e. The van der Waals surface area contributed by atoms with Gasteiger partial charge in [-0.05, 0) is 26.8 Å².